The molecule has 0 bridgehead atoms. The Morgan fingerprint density at radius 3 is 1.88 bits per heavy atom. The van der Waals surface area contributed by atoms with E-state index in [0.717, 1.165) is 51.5 Å². The van der Waals surface area contributed by atoms with Crippen molar-refractivity contribution >= 4 is 11.9 Å². The Morgan fingerprint density at radius 1 is 0.846 bits per heavy atom. The van der Waals surface area contributed by atoms with Gasteiger partial charge in [-0.2, -0.15) is 0 Å². The van der Waals surface area contributed by atoms with Gasteiger partial charge in [0.05, 0.1) is 5.92 Å². The number of carboxylic acids is 1. The Hall–Kier alpha value is -1.84. The van der Waals surface area contributed by atoms with Gasteiger partial charge in [-0.3, -0.25) is 9.59 Å². The Morgan fingerprint density at radius 2 is 1.38 bits per heavy atom. The van der Waals surface area contributed by atoms with Crippen LogP contribution in [0.3, 0.4) is 0 Å². The van der Waals surface area contributed by atoms with Crippen LogP contribution in [0.2, 0.25) is 0 Å². The van der Waals surface area contributed by atoms with Crippen LogP contribution in [0.1, 0.15) is 69.8 Å². The fourth-order valence-electron chi connectivity index (χ4n) is 3.83. The van der Waals surface area contributed by atoms with Crippen LogP contribution in [0, 0.1) is 11.8 Å². The summed E-state index contributed by atoms with van der Waals surface area (Å²) in [5, 5.41) is 11.6. The number of amides is 1. The van der Waals surface area contributed by atoms with E-state index in [4.69, 9.17) is 5.11 Å². The first-order valence-electron chi connectivity index (χ1n) is 10.2. The van der Waals surface area contributed by atoms with Gasteiger partial charge < -0.3 is 10.4 Å². The minimum atomic E-state index is -0.602. The Balaban J connectivity index is 0.000000228. The third kappa shape index (κ3) is 7.59. The molecule has 0 unspecified atom stereocenters. The predicted octanol–water partition coefficient (Wildman–Crippen LogP) is 4.58. The lowest BCUT2D eigenvalue weighted by Crippen LogP contribution is -2.33. The van der Waals surface area contributed by atoms with Crippen molar-refractivity contribution < 1.29 is 14.7 Å². The van der Waals surface area contributed by atoms with Gasteiger partial charge in [0.1, 0.15) is 0 Å². The Kier molecular flexibility index (Phi) is 9.22. The molecule has 1 aromatic rings. The second kappa shape index (κ2) is 11.7. The molecule has 0 saturated heterocycles. The third-order valence-electron chi connectivity index (χ3n) is 5.49. The summed E-state index contributed by atoms with van der Waals surface area (Å²) in [6, 6.07) is 10.3. The molecule has 0 aliphatic heterocycles. The first kappa shape index (κ1) is 20.5. The molecule has 0 aromatic heterocycles. The van der Waals surface area contributed by atoms with Crippen molar-refractivity contribution in [2.45, 2.75) is 70.6 Å². The molecule has 1 aromatic carbocycles. The summed E-state index contributed by atoms with van der Waals surface area (Å²) < 4.78 is 0. The van der Waals surface area contributed by atoms with Crippen molar-refractivity contribution in [3.63, 3.8) is 0 Å². The number of hydrogen-bond donors (Lipinski definition) is 2. The van der Waals surface area contributed by atoms with Crippen molar-refractivity contribution in [1.29, 1.82) is 0 Å². The number of carbonyl (C=O) groups excluding carboxylic acids is 1. The molecule has 26 heavy (non-hydrogen) atoms. The second-order valence-corrected chi connectivity index (χ2v) is 7.53. The highest BCUT2D eigenvalue weighted by molar-refractivity contribution is 5.78. The third-order valence-corrected chi connectivity index (χ3v) is 5.49. The molecular weight excluding hydrogens is 326 g/mol. The number of benzene rings is 1. The van der Waals surface area contributed by atoms with Gasteiger partial charge in [-0.05, 0) is 37.7 Å². The summed E-state index contributed by atoms with van der Waals surface area (Å²) in [4.78, 5) is 22.2. The van der Waals surface area contributed by atoms with Crippen LogP contribution in [0.15, 0.2) is 30.3 Å². The molecule has 144 valence electrons. The maximum Gasteiger partial charge on any atom is 0.306 e. The fourth-order valence-corrected chi connectivity index (χ4v) is 3.83. The van der Waals surface area contributed by atoms with Gasteiger partial charge in [0.2, 0.25) is 5.91 Å². The number of hydrogen-bond acceptors (Lipinski definition) is 2. The predicted molar refractivity (Wildman–Crippen MR) is 104 cm³/mol. The van der Waals surface area contributed by atoms with Crippen molar-refractivity contribution in [2.75, 3.05) is 6.54 Å². The van der Waals surface area contributed by atoms with Crippen LogP contribution < -0.4 is 5.32 Å². The zero-order valence-electron chi connectivity index (χ0n) is 15.8. The maximum absolute atomic E-state index is 11.9. The molecule has 2 N–H and O–H groups in total. The van der Waals surface area contributed by atoms with Gasteiger partial charge in [0, 0.05) is 12.5 Å². The van der Waals surface area contributed by atoms with Gasteiger partial charge in [-0.25, -0.2) is 0 Å². The van der Waals surface area contributed by atoms with Crippen LogP contribution in [-0.2, 0) is 16.0 Å². The Labute approximate surface area is 157 Å². The molecule has 2 fully saturated rings. The van der Waals surface area contributed by atoms with E-state index in [0.29, 0.717) is 0 Å². The normalized spacial score (nSPS) is 18.5. The second-order valence-electron chi connectivity index (χ2n) is 7.53. The highest BCUT2D eigenvalue weighted by Crippen LogP contribution is 2.24. The van der Waals surface area contributed by atoms with E-state index in [1.807, 2.05) is 18.2 Å². The summed E-state index contributed by atoms with van der Waals surface area (Å²) in [5.74, 6) is -0.0893. The summed E-state index contributed by atoms with van der Waals surface area (Å²) in [6.45, 7) is 0.763. The van der Waals surface area contributed by atoms with E-state index in [9.17, 15) is 9.59 Å². The lowest BCUT2D eigenvalue weighted by molar-refractivity contribution is -0.142. The van der Waals surface area contributed by atoms with Crippen molar-refractivity contribution in [2.24, 2.45) is 11.8 Å². The molecule has 0 spiro atoms. The Bertz CT molecular complexity index is 532. The topological polar surface area (TPSA) is 66.4 Å². The van der Waals surface area contributed by atoms with Crippen molar-refractivity contribution in [3.8, 4) is 0 Å². The molecule has 1 amide bonds. The van der Waals surface area contributed by atoms with E-state index in [1.54, 1.807) is 0 Å². The number of carboxylic acid groups (broad SMARTS) is 1. The van der Waals surface area contributed by atoms with Crippen LogP contribution in [0.25, 0.3) is 0 Å². The molecule has 3 rings (SSSR count). The monoisotopic (exact) mass is 359 g/mol. The van der Waals surface area contributed by atoms with E-state index in [2.05, 4.69) is 17.4 Å². The van der Waals surface area contributed by atoms with E-state index in [-0.39, 0.29) is 17.7 Å². The molecule has 4 nitrogen and oxygen atoms in total. The molecule has 4 heteroatoms. The van der Waals surface area contributed by atoms with Crippen molar-refractivity contribution in [3.05, 3.63) is 35.9 Å². The summed E-state index contributed by atoms with van der Waals surface area (Å²) in [5.41, 5.74) is 1.29. The van der Waals surface area contributed by atoms with Gasteiger partial charge in [0.15, 0.2) is 0 Å². The average molecular weight is 360 g/mol. The summed E-state index contributed by atoms with van der Waals surface area (Å²) in [7, 11) is 0. The standard InChI is InChI=1S/C15H21NO.C7H12O2/c17-15(14-9-5-2-6-10-14)16-12-11-13-7-3-1-4-8-13;8-7(9)6-4-2-1-3-5-6/h1,3-4,7-8,14H,2,5-6,9-12H2,(H,16,17);6H,1-5H2,(H,8,9). The highest BCUT2D eigenvalue weighted by atomic mass is 16.4. The molecule has 0 heterocycles. The largest absolute Gasteiger partial charge is 0.481 e. The van der Waals surface area contributed by atoms with Crippen molar-refractivity contribution in [1.82, 2.24) is 5.32 Å². The molecule has 2 aliphatic rings. The first-order valence-corrected chi connectivity index (χ1v) is 10.2. The zero-order valence-corrected chi connectivity index (χ0v) is 15.8. The smallest absolute Gasteiger partial charge is 0.306 e. The quantitative estimate of drug-likeness (QED) is 0.809. The lowest BCUT2D eigenvalue weighted by Gasteiger charge is -2.20. The van der Waals surface area contributed by atoms with Gasteiger partial charge in [0.25, 0.3) is 0 Å². The first-order chi connectivity index (χ1) is 12.7. The minimum absolute atomic E-state index is 0.0289. The molecule has 2 aliphatic carbocycles. The molecule has 0 atom stereocenters. The molecule has 0 radical (unpaired) electrons. The number of aliphatic carboxylic acids is 1. The average Bonchev–Trinajstić information content (AvgIpc) is 2.70. The van der Waals surface area contributed by atoms with Gasteiger partial charge >= 0.3 is 5.97 Å². The minimum Gasteiger partial charge on any atom is -0.481 e. The van der Waals surface area contributed by atoms with E-state index < -0.39 is 5.97 Å². The van der Waals surface area contributed by atoms with Crippen LogP contribution >= 0.6 is 0 Å². The SMILES string of the molecule is O=C(NCCc1ccccc1)C1CCCCC1.O=C(O)C1CCCCC1. The van der Waals surface area contributed by atoms with Crippen LogP contribution in [0.4, 0.5) is 0 Å². The lowest BCUT2D eigenvalue weighted by atomic mass is 9.88. The van der Waals surface area contributed by atoms with Crippen LogP contribution in [-0.4, -0.2) is 23.5 Å². The number of rotatable bonds is 5. The summed E-state index contributed by atoms with van der Waals surface area (Å²) in [6.07, 6.45) is 12.1. The molecular formula is C22H33NO3. The zero-order chi connectivity index (χ0) is 18.6. The number of nitrogens with one attached hydrogen (secondary N) is 1. The fraction of sp³-hybridized carbons (Fsp3) is 0.636. The van der Waals surface area contributed by atoms with E-state index >= 15 is 0 Å². The molecule has 2 saturated carbocycles. The maximum atomic E-state index is 11.9. The van der Waals surface area contributed by atoms with Gasteiger partial charge in [-0.15, -0.1) is 0 Å². The van der Waals surface area contributed by atoms with Gasteiger partial charge in [-0.1, -0.05) is 68.9 Å². The number of carbonyl (C=O) groups is 2. The van der Waals surface area contributed by atoms with E-state index in [1.165, 1.54) is 31.2 Å². The highest BCUT2D eigenvalue weighted by Gasteiger charge is 2.20. The van der Waals surface area contributed by atoms with Crippen LogP contribution in [0.5, 0.6) is 0 Å². The summed E-state index contributed by atoms with van der Waals surface area (Å²) >= 11 is 0.